The number of nitrogens with zero attached hydrogens (tertiary/aromatic N) is 3. The zero-order chi connectivity index (χ0) is 18.6. The second-order valence-electron chi connectivity index (χ2n) is 7.03. The molecular formula is C20H25N3O3. The Morgan fingerprint density at radius 2 is 1.96 bits per heavy atom. The van der Waals surface area contributed by atoms with E-state index in [-0.39, 0.29) is 12.5 Å². The molecule has 1 saturated heterocycles. The van der Waals surface area contributed by atoms with Crippen molar-refractivity contribution in [1.29, 1.82) is 0 Å². The fraction of sp³-hybridized carbons (Fsp3) is 0.450. The minimum atomic E-state index is -0.930. The highest BCUT2D eigenvalue weighted by atomic mass is 16.5. The Bertz CT molecular complexity index is 766. The molecule has 6 nitrogen and oxygen atoms in total. The molecule has 1 aliphatic rings. The summed E-state index contributed by atoms with van der Waals surface area (Å²) in [5.41, 5.74) is 1.92. The molecule has 0 bridgehead atoms. The molecule has 6 heteroatoms. The van der Waals surface area contributed by atoms with Crippen LogP contribution >= 0.6 is 0 Å². The predicted molar refractivity (Wildman–Crippen MR) is 98.1 cm³/mol. The van der Waals surface area contributed by atoms with Crippen LogP contribution in [0.15, 0.2) is 36.9 Å². The molecule has 1 N–H and O–H groups in total. The first-order chi connectivity index (χ1) is 12.5. The normalized spacial score (nSPS) is 20.5. The maximum Gasteiger partial charge on any atom is 0.256 e. The van der Waals surface area contributed by atoms with E-state index in [4.69, 9.17) is 4.74 Å². The Kier molecular flexibility index (Phi) is 5.52. The Labute approximate surface area is 153 Å². The minimum Gasteiger partial charge on any atom is -0.491 e. The van der Waals surface area contributed by atoms with E-state index in [2.05, 4.69) is 16.9 Å². The first-order valence-electron chi connectivity index (χ1n) is 8.94. The maximum absolute atomic E-state index is 12.5. The zero-order valence-electron chi connectivity index (χ0n) is 15.3. The van der Waals surface area contributed by atoms with Gasteiger partial charge in [0.25, 0.3) is 5.91 Å². The fourth-order valence-corrected chi connectivity index (χ4v) is 3.14. The number of aliphatic hydroxyl groups is 1. The molecule has 1 atom stereocenters. The van der Waals surface area contributed by atoms with E-state index in [1.807, 2.05) is 25.1 Å². The van der Waals surface area contributed by atoms with E-state index in [0.717, 1.165) is 17.7 Å². The Morgan fingerprint density at radius 1 is 1.19 bits per heavy atom. The summed E-state index contributed by atoms with van der Waals surface area (Å²) in [6, 6.07) is 5.93. The summed E-state index contributed by atoms with van der Waals surface area (Å²) in [5.74, 6) is 0.671. The molecule has 138 valence electrons. The molecular weight excluding hydrogens is 330 g/mol. The van der Waals surface area contributed by atoms with Gasteiger partial charge in [-0.25, -0.2) is 9.97 Å². The van der Waals surface area contributed by atoms with Crippen LogP contribution in [0.3, 0.4) is 0 Å². The topological polar surface area (TPSA) is 75.6 Å². The Hall–Kier alpha value is -2.47. The summed E-state index contributed by atoms with van der Waals surface area (Å²) in [6.45, 7) is 5.42. The molecule has 2 heterocycles. The quantitative estimate of drug-likeness (QED) is 0.912. The minimum absolute atomic E-state index is 0.0927. The van der Waals surface area contributed by atoms with Crippen LogP contribution in [-0.2, 0) is 0 Å². The van der Waals surface area contributed by atoms with Gasteiger partial charge in [-0.05, 0) is 56.4 Å². The van der Waals surface area contributed by atoms with Crippen molar-refractivity contribution in [3.8, 4) is 5.75 Å². The van der Waals surface area contributed by atoms with Gasteiger partial charge in [-0.3, -0.25) is 4.79 Å². The number of amides is 1. The molecule has 0 saturated carbocycles. The van der Waals surface area contributed by atoms with Crippen molar-refractivity contribution in [3.05, 3.63) is 53.6 Å². The number of aromatic nitrogens is 2. The highest BCUT2D eigenvalue weighted by molar-refractivity contribution is 5.93. The van der Waals surface area contributed by atoms with Gasteiger partial charge in [0.1, 0.15) is 24.3 Å². The average molecular weight is 355 g/mol. The van der Waals surface area contributed by atoms with Crippen molar-refractivity contribution in [1.82, 2.24) is 14.9 Å². The van der Waals surface area contributed by atoms with Crippen LogP contribution in [0.2, 0.25) is 0 Å². The number of hydrogen-bond acceptors (Lipinski definition) is 5. The first kappa shape index (κ1) is 18.3. The van der Waals surface area contributed by atoms with Crippen molar-refractivity contribution in [2.24, 2.45) is 0 Å². The van der Waals surface area contributed by atoms with E-state index < -0.39 is 5.60 Å². The molecule has 3 rings (SSSR count). The third-order valence-electron chi connectivity index (χ3n) is 5.00. The molecule has 1 aliphatic heterocycles. The van der Waals surface area contributed by atoms with Crippen LogP contribution in [0.25, 0.3) is 0 Å². The monoisotopic (exact) mass is 355 g/mol. The molecule has 0 radical (unpaired) electrons. The van der Waals surface area contributed by atoms with Gasteiger partial charge in [0.05, 0.1) is 5.56 Å². The van der Waals surface area contributed by atoms with E-state index in [9.17, 15) is 9.90 Å². The summed E-state index contributed by atoms with van der Waals surface area (Å²) in [7, 11) is 0. The van der Waals surface area contributed by atoms with Crippen LogP contribution in [0, 0.1) is 13.8 Å². The zero-order valence-corrected chi connectivity index (χ0v) is 15.3. The molecule has 1 amide bonds. The third-order valence-corrected chi connectivity index (χ3v) is 5.00. The van der Waals surface area contributed by atoms with Crippen molar-refractivity contribution in [2.45, 2.75) is 38.7 Å². The SMILES string of the molecule is Cc1ccc(OCC2(O)CCCN(C(=O)c3cncnc3)CC2)cc1C. The largest absolute Gasteiger partial charge is 0.491 e. The molecule has 26 heavy (non-hydrogen) atoms. The number of hydrogen-bond donors (Lipinski definition) is 1. The summed E-state index contributed by atoms with van der Waals surface area (Å²) >= 11 is 0. The lowest BCUT2D eigenvalue weighted by molar-refractivity contribution is -0.0163. The average Bonchev–Trinajstić information content (AvgIpc) is 2.85. The van der Waals surface area contributed by atoms with Gasteiger partial charge in [0.2, 0.25) is 0 Å². The van der Waals surface area contributed by atoms with Crippen molar-refractivity contribution in [2.75, 3.05) is 19.7 Å². The standard InChI is InChI=1S/C20H25N3O3/c1-15-4-5-18(10-16(15)2)26-13-20(25)6-3-8-23(9-7-20)19(24)17-11-21-14-22-12-17/h4-5,10-12,14,25H,3,6-9,13H2,1-2H3. The van der Waals surface area contributed by atoms with Crippen LogP contribution in [0.5, 0.6) is 5.75 Å². The van der Waals surface area contributed by atoms with Gasteiger partial charge in [-0.15, -0.1) is 0 Å². The summed E-state index contributed by atoms with van der Waals surface area (Å²) < 4.78 is 5.85. The van der Waals surface area contributed by atoms with Gasteiger partial charge in [-0.1, -0.05) is 6.07 Å². The second kappa shape index (κ2) is 7.83. The van der Waals surface area contributed by atoms with Crippen molar-refractivity contribution in [3.63, 3.8) is 0 Å². The fourth-order valence-electron chi connectivity index (χ4n) is 3.14. The van der Waals surface area contributed by atoms with E-state index in [0.29, 0.717) is 31.5 Å². The number of aryl methyl sites for hydroxylation is 2. The highest BCUT2D eigenvalue weighted by Gasteiger charge is 2.32. The lowest BCUT2D eigenvalue weighted by Crippen LogP contribution is -2.38. The Morgan fingerprint density at radius 3 is 2.69 bits per heavy atom. The van der Waals surface area contributed by atoms with Gasteiger partial charge in [-0.2, -0.15) is 0 Å². The van der Waals surface area contributed by atoms with Gasteiger partial charge >= 0.3 is 0 Å². The number of rotatable bonds is 4. The lowest BCUT2D eigenvalue weighted by Gasteiger charge is -2.27. The first-order valence-corrected chi connectivity index (χ1v) is 8.94. The summed E-state index contributed by atoms with van der Waals surface area (Å²) in [4.78, 5) is 22.1. The molecule has 0 spiro atoms. The van der Waals surface area contributed by atoms with E-state index >= 15 is 0 Å². The van der Waals surface area contributed by atoms with E-state index in [1.54, 1.807) is 4.90 Å². The maximum atomic E-state index is 12.5. The highest BCUT2D eigenvalue weighted by Crippen LogP contribution is 2.25. The third kappa shape index (κ3) is 4.38. The number of likely N-dealkylation sites (tertiary alicyclic amines) is 1. The summed E-state index contributed by atoms with van der Waals surface area (Å²) in [5, 5.41) is 10.9. The van der Waals surface area contributed by atoms with Crippen LogP contribution in [-0.4, -0.2) is 51.2 Å². The lowest BCUT2D eigenvalue weighted by atomic mass is 9.96. The van der Waals surface area contributed by atoms with Crippen molar-refractivity contribution >= 4 is 5.91 Å². The number of carbonyl (C=O) groups excluding carboxylic acids is 1. The van der Waals surface area contributed by atoms with Crippen LogP contribution in [0.4, 0.5) is 0 Å². The van der Waals surface area contributed by atoms with Gasteiger partial charge in [0, 0.05) is 25.5 Å². The smallest absolute Gasteiger partial charge is 0.256 e. The van der Waals surface area contributed by atoms with Crippen LogP contribution < -0.4 is 4.74 Å². The molecule has 0 aliphatic carbocycles. The van der Waals surface area contributed by atoms with Crippen molar-refractivity contribution < 1.29 is 14.6 Å². The molecule has 1 unspecified atom stereocenters. The number of carbonyl (C=O) groups is 1. The summed E-state index contributed by atoms with van der Waals surface area (Å²) in [6.07, 6.45) is 6.27. The number of ether oxygens (including phenoxy) is 1. The van der Waals surface area contributed by atoms with Gasteiger partial charge < -0.3 is 14.7 Å². The molecule has 2 aromatic rings. The van der Waals surface area contributed by atoms with E-state index in [1.165, 1.54) is 24.3 Å². The Balaban J connectivity index is 1.59. The van der Waals surface area contributed by atoms with Crippen LogP contribution in [0.1, 0.15) is 40.7 Å². The molecule has 1 aromatic carbocycles. The molecule has 1 aromatic heterocycles. The predicted octanol–water partition coefficient (Wildman–Crippen LogP) is 2.53. The second-order valence-corrected chi connectivity index (χ2v) is 7.03. The molecule has 1 fully saturated rings. The van der Waals surface area contributed by atoms with Gasteiger partial charge in [0.15, 0.2) is 0 Å². The number of benzene rings is 1.